The third-order valence-corrected chi connectivity index (χ3v) is 2.93. The van der Waals surface area contributed by atoms with Crippen LogP contribution in [0.2, 0.25) is 0 Å². The molecule has 2 N–H and O–H groups in total. The number of nitrogens with one attached hydrogen (secondary N) is 1. The predicted molar refractivity (Wildman–Crippen MR) is 57.2 cm³/mol. The number of aliphatic hydroxyl groups is 1. The molecular formula is C10H15NO2S. The Hall–Kier alpha value is -0.870. The molecule has 0 spiro atoms. The first-order chi connectivity index (χ1) is 6.41. The van der Waals surface area contributed by atoms with E-state index in [2.05, 4.69) is 5.32 Å². The molecule has 1 unspecified atom stereocenters. The molecule has 0 aromatic carbocycles. The van der Waals surface area contributed by atoms with Crippen LogP contribution in [0.4, 0.5) is 0 Å². The van der Waals surface area contributed by atoms with Crippen LogP contribution in [0.3, 0.4) is 0 Å². The number of hydrogen-bond donors (Lipinski definition) is 2. The number of hydrogen-bond acceptors (Lipinski definition) is 3. The van der Waals surface area contributed by atoms with Crippen LogP contribution in [0.5, 0.6) is 0 Å². The Morgan fingerprint density at radius 3 is 2.71 bits per heavy atom. The molecule has 78 valence electrons. The fourth-order valence-electron chi connectivity index (χ4n) is 0.982. The highest BCUT2D eigenvalue weighted by molar-refractivity contribution is 7.10. The van der Waals surface area contributed by atoms with E-state index in [-0.39, 0.29) is 11.9 Å². The summed E-state index contributed by atoms with van der Waals surface area (Å²) < 4.78 is 0. The summed E-state index contributed by atoms with van der Waals surface area (Å²) in [5.41, 5.74) is -1.31. The summed E-state index contributed by atoms with van der Waals surface area (Å²) in [5, 5.41) is 14.1. The highest BCUT2D eigenvalue weighted by Crippen LogP contribution is 2.18. The lowest BCUT2D eigenvalue weighted by Crippen LogP contribution is -2.42. The van der Waals surface area contributed by atoms with Crippen molar-refractivity contribution >= 4 is 17.2 Å². The summed E-state index contributed by atoms with van der Waals surface area (Å²) in [4.78, 5) is 12.5. The van der Waals surface area contributed by atoms with Gasteiger partial charge in [0.2, 0.25) is 0 Å². The smallest absolute Gasteiger partial charge is 0.251 e. The van der Waals surface area contributed by atoms with Crippen LogP contribution in [0, 0.1) is 0 Å². The van der Waals surface area contributed by atoms with Crippen LogP contribution in [0.1, 0.15) is 31.7 Å². The van der Waals surface area contributed by atoms with Gasteiger partial charge in [-0.2, -0.15) is 0 Å². The van der Waals surface area contributed by atoms with E-state index in [4.69, 9.17) is 0 Å². The topological polar surface area (TPSA) is 49.3 Å². The summed E-state index contributed by atoms with van der Waals surface area (Å²) in [6.07, 6.45) is 0. The third-order valence-electron chi connectivity index (χ3n) is 1.87. The minimum atomic E-state index is -1.31. The molecule has 1 rings (SSSR count). The van der Waals surface area contributed by atoms with Crippen LogP contribution in [0.15, 0.2) is 17.5 Å². The number of thiophene rings is 1. The van der Waals surface area contributed by atoms with Gasteiger partial charge in [-0.25, -0.2) is 0 Å². The molecule has 0 aliphatic heterocycles. The van der Waals surface area contributed by atoms with Crippen molar-refractivity contribution in [3.63, 3.8) is 0 Å². The van der Waals surface area contributed by atoms with E-state index >= 15 is 0 Å². The van der Waals surface area contributed by atoms with Gasteiger partial charge in [0.25, 0.3) is 5.91 Å². The molecule has 0 saturated carbocycles. The average molecular weight is 213 g/mol. The summed E-state index contributed by atoms with van der Waals surface area (Å²) in [5.74, 6) is -0.349. The number of carbonyl (C=O) groups excluding carboxylic acids is 1. The summed E-state index contributed by atoms with van der Waals surface area (Å²) in [6, 6.07) is 3.85. The normalized spacial score (nSPS) is 13.7. The van der Waals surface area contributed by atoms with Gasteiger partial charge in [0, 0.05) is 4.88 Å². The molecule has 1 aromatic rings. The van der Waals surface area contributed by atoms with E-state index < -0.39 is 5.60 Å². The van der Waals surface area contributed by atoms with Crippen LogP contribution in [-0.4, -0.2) is 16.6 Å². The van der Waals surface area contributed by atoms with E-state index in [1.54, 1.807) is 11.3 Å². The summed E-state index contributed by atoms with van der Waals surface area (Å²) in [6.45, 7) is 4.85. The predicted octanol–water partition coefficient (Wildman–Crippen LogP) is 1.70. The fourth-order valence-corrected chi connectivity index (χ4v) is 1.72. The SMILES string of the molecule is CC(NC(=O)C(C)(C)O)c1cccs1. The molecule has 1 atom stereocenters. The van der Waals surface area contributed by atoms with Gasteiger partial charge in [0.1, 0.15) is 5.60 Å². The van der Waals surface area contributed by atoms with Gasteiger partial charge < -0.3 is 10.4 Å². The van der Waals surface area contributed by atoms with Crippen molar-refractivity contribution in [1.29, 1.82) is 0 Å². The zero-order valence-electron chi connectivity index (χ0n) is 8.57. The number of carbonyl (C=O) groups is 1. The van der Waals surface area contributed by atoms with Crippen molar-refractivity contribution in [2.75, 3.05) is 0 Å². The zero-order valence-corrected chi connectivity index (χ0v) is 9.39. The van der Waals surface area contributed by atoms with Crippen LogP contribution in [-0.2, 0) is 4.79 Å². The van der Waals surface area contributed by atoms with E-state index in [1.165, 1.54) is 13.8 Å². The first-order valence-electron chi connectivity index (χ1n) is 4.48. The second kappa shape index (κ2) is 4.11. The molecule has 14 heavy (non-hydrogen) atoms. The molecule has 0 aliphatic rings. The van der Waals surface area contributed by atoms with E-state index in [0.717, 1.165) is 4.88 Å². The molecule has 1 heterocycles. The molecule has 1 amide bonds. The average Bonchev–Trinajstić information content (AvgIpc) is 2.53. The standard InChI is InChI=1S/C10H15NO2S/c1-7(8-5-4-6-14-8)11-9(12)10(2,3)13/h4-7,13H,1-3H3,(H,11,12). The van der Waals surface area contributed by atoms with Gasteiger partial charge in [-0.1, -0.05) is 6.07 Å². The van der Waals surface area contributed by atoms with Crippen molar-refractivity contribution in [3.05, 3.63) is 22.4 Å². The van der Waals surface area contributed by atoms with Crippen molar-refractivity contribution in [2.24, 2.45) is 0 Å². The Morgan fingerprint density at radius 1 is 1.64 bits per heavy atom. The number of amides is 1. The Balaban J connectivity index is 2.58. The highest BCUT2D eigenvalue weighted by atomic mass is 32.1. The van der Waals surface area contributed by atoms with Gasteiger partial charge >= 0.3 is 0 Å². The van der Waals surface area contributed by atoms with Crippen molar-refractivity contribution in [3.8, 4) is 0 Å². The highest BCUT2D eigenvalue weighted by Gasteiger charge is 2.25. The largest absolute Gasteiger partial charge is 0.381 e. The Bertz CT molecular complexity index is 300. The van der Waals surface area contributed by atoms with Crippen LogP contribution >= 0.6 is 11.3 Å². The van der Waals surface area contributed by atoms with Crippen molar-refractivity contribution < 1.29 is 9.90 Å². The van der Waals surface area contributed by atoms with E-state index in [1.807, 2.05) is 24.4 Å². The molecule has 1 aromatic heterocycles. The van der Waals surface area contributed by atoms with E-state index in [9.17, 15) is 9.90 Å². The fraction of sp³-hybridized carbons (Fsp3) is 0.500. The van der Waals surface area contributed by atoms with Gasteiger partial charge in [-0.3, -0.25) is 4.79 Å². The quantitative estimate of drug-likeness (QED) is 0.803. The first-order valence-corrected chi connectivity index (χ1v) is 5.36. The Labute approximate surface area is 87.8 Å². The molecule has 0 bridgehead atoms. The molecule has 0 saturated heterocycles. The molecule has 0 fully saturated rings. The first kappa shape index (κ1) is 11.2. The minimum absolute atomic E-state index is 0.0473. The van der Waals surface area contributed by atoms with E-state index in [0.29, 0.717) is 0 Å². The number of rotatable bonds is 3. The Morgan fingerprint density at radius 2 is 2.29 bits per heavy atom. The zero-order chi connectivity index (χ0) is 10.8. The maximum Gasteiger partial charge on any atom is 0.251 e. The monoisotopic (exact) mass is 213 g/mol. The van der Waals surface area contributed by atoms with Crippen molar-refractivity contribution in [2.45, 2.75) is 32.4 Å². The van der Waals surface area contributed by atoms with Gasteiger partial charge in [-0.15, -0.1) is 11.3 Å². The minimum Gasteiger partial charge on any atom is -0.381 e. The summed E-state index contributed by atoms with van der Waals surface area (Å²) in [7, 11) is 0. The van der Waals surface area contributed by atoms with Gasteiger partial charge in [0.05, 0.1) is 6.04 Å². The lowest BCUT2D eigenvalue weighted by atomic mass is 10.1. The van der Waals surface area contributed by atoms with Crippen LogP contribution in [0.25, 0.3) is 0 Å². The van der Waals surface area contributed by atoms with Gasteiger partial charge in [0.15, 0.2) is 0 Å². The third kappa shape index (κ3) is 2.82. The maximum atomic E-state index is 11.4. The van der Waals surface area contributed by atoms with Gasteiger partial charge in [-0.05, 0) is 32.2 Å². The molecule has 0 radical (unpaired) electrons. The summed E-state index contributed by atoms with van der Waals surface area (Å²) >= 11 is 1.59. The molecule has 4 heteroatoms. The van der Waals surface area contributed by atoms with Crippen LogP contribution < -0.4 is 5.32 Å². The second-order valence-electron chi connectivity index (χ2n) is 3.77. The maximum absolute atomic E-state index is 11.4. The second-order valence-corrected chi connectivity index (χ2v) is 4.75. The molecule has 3 nitrogen and oxygen atoms in total. The Kier molecular flexibility index (Phi) is 3.29. The molecular weight excluding hydrogens is 198 g/mol. The van der Waals surface area contributed by atoms with Crippen molar-refractivity contribution in [1.82, 2.24) is 5.32 Å². The lowest BCUT2D eigenvalue weighted by molar-refractivity contribution is -0.137. The molecule has 0 aliphatic carbocycles. The lowest BCUT2D eigenvalue weighted by Gasteiger charge is -2.20.